The lowest BCUT2D eigenvalue weighted by Crippen LogP contribution is -2.40. The van der Waals surface area contributed by atoms with Crippen LogP contribution < -0.4 is 15.3 Å². The van der Waals surface area contributed by atoms with Crippen molar-refractivity contribution in [1.82, 2.24) is 5.32 Å². The minimum Gasteiger partial charge on any atom is -0.269 e. The fraction of sp³-hybridized carbons (Fsp3) is 0.143. The molecular weight excluding hydrogens is 242 g/mol. The second kappa shape index (κ2) is 4.92. The number of thiol groups is 1. The molecule has 3 nitrogen and oxygen atoms in total. The van der Waals surface area contributed by atoms with Gasteiger partial charge in [-0.25, -0.2) is 0 Å². The third-order valence-electron chi connectivity index (χ3n) is 2.99. The summed E-state index contributed by atoms with van der Waals surface area (Å²) in [4.78, 5) is 0. The third-order valence-corrected chi connectivity index (χ3v) is 3.39. The van der Waals surface area contributed by atoms with Gasteiger partial charge in [0.15, 0.2) is 0 Å². The van der Waals surface area contributed by atoms with E-state index in [2.05, 4.69) is 52.2 Å². The van der Waals surface area contributed by atoms with Gasteiger partial charge >= 0.3 is 0 Å². The molecule has 2 aromatic rings. The van der Waals surface area contributed by atoms with Crippen LogP contribution in [0, 0.1) is 0 Å². The Kier molecular flexibility index (Phi) is 3.13. The molecule has 0 spiro atoms. The first-order valence-electron chi connectivity index (χ1n) is 5.94. The molecule has 0 radical (unpaired) electrons. The first kappa shape index (κ1) is 11.4. The van der Waals surface area contributed by atoms with E-state index >= 15 is 0 Å². The Morgan fingerprint density at radius 1 is 0.889 bits per heavy atom. The molecule has 1 atom stereocenters. The highest BCUT2D eigenvalue weighted by Gasteiger charge is 2.28. The van der Waals surface area contributed by atoms with Gasteiger partial charge in [-0.15, -0.1) is 12.6 Å². The van der Waals surface area contributed by atoms with Crippen LogP contribution in [0.3, 0.4) is 0 Å². The number of hydrogen-bond acceptors (Lipinski definition) is 4. The van der Waals surface area contributed by atoms with Gasteiger partial charge in [-0.2, -0.15) is 0 Å². The van der Waals surface area contributed by atoms with Gasteiger partial charge in [0.05, 0.1) is 18.0 Å². The summed E-state index contributed by atoms with van der Waals surface area (Å²) in [5, 5.41) is 7.67. The lowest BCUT2D eigenvalue weighted by Gasteiger charge is -2.32. The van der Waals surface area contributed by atoms with E-state index in [4.69, 9.17) is 0 Å². The molecule has 92 valence electrons. The van der Waals surface area contributed by atoms with Crippen molar-refractivity contribution >= 4 is 24.0 Å². The van der Waals surface area contributed by atoms with Crippen molar-refractivity contribution in [1.29, 1.82) is 0 Å². The predicted molar refractivity (Wildman–Crippen MR) is 78.6 cm³/mol. The zero-order valence-corrected chi connectivity index (χ0v) is 10.8. The smallest absolute Gasteiger partial charge is 0.146 e. The maximum absolute atomic E-state index is 4.58. The fourth-order valence-electron chi connectivity index (χ4n) is 2.14. The van der Waals surface area contributed by atoms with Crippen LogP contribution >= 0.6 is 12.6 Å². The van der Waals surface area contributed by atoms with Crippen molar-refractivity contribution in [3.05, 3.63) is 60.7 Å². The molecule has 2 aromatic carbocycles. The van der Waals surface area contributed by atoms with Crippen LogP contribution in [0.1, 0.15) is 0 Å². The molecule has 1 saturated heterocycles. The fourth-order valence-corrected chi connectivity index (χ4v) is 2.48. The third kappa shape index (κ3) is 2.05. The Morgan fingerprint density at radius 2 is 1.44 bits per heavy atom. The number of hydrazine groups is 1. The van der Waals surface area contributed by atoms with Crippen LogP contribution in [0.5, 0.6) is 0 Å². The molecule has 1 fully saturated rings. The van der Waals surface area contributed by atoms with E-state index in [9.17, 15) is 0 Å². The molecule has 1 aliphatic heterocycles. The largest absolute Gasteiger partial charge is 0.269 e. The molecule has 1 unspecified atom stereocenters. The predicted octanol–water partition coefficient (Wildman–Crippen LogP) is 2.69. The lowest BCUT2D eigenvalue weighted by molar-refractivity contribution is 0.805. The molecule has 4 heteroatoms. The molecule has 0 aliphatic carbocycles. The molecule has 0 bridgehead atoms. The van der Waals surface area contributed by atoms with Gasteiger partial charge in [-0.1, -0.05) is 36.4 Å². The Labute approximate surface area is 112 Å². The second-order valence-electron chi connectivity index (χ2n) is 4.15. The minimum absolute atomic E-state index is 0.00685. The van der Waals surface area contributed by atoms with E-state index in [1.54, 1.807) is 0 Å². The lowest BCUT2D eigenvalue weighted by atomic mass is 10.3. The Hall–Kier alpha value is -1.65. The Bertz CT molecular complexity index is 503. The molecule has 1 aliphatic rings. The molecule has 1 heterocycles. The van der Waals surface area contributed by atoms with E-state index in [1.165, 1.54) is 0 Å². The van der Waals surface area contributed by atoms with Crippen molar-refractivity contribution in [2.75, 3.05) is 16.7 Å². The van der Waals surface area contributed by atoms with Gasteiger partial charge in [-0.05, 0) is 24.3 Å². The molecule has 0 aromatic heterocycles. The summed E-state index contributed by atoms with van der Waals surface area (Å²) in [5.41, 5.74) is 2.28. The summed E-state index contributed by atoms with van der Waals surface area (Å²) in [6.45, 7) is 0.757. The Balaban J connectivity index is 1.96. The number of anilines is 2. The molecular formula is C14H15N3S. The van der Waals surface area contributed by atoms with Gasteiger partial charge in [0.25, 0.3) is 0 Å². The van der Waals surface area contributed by atoms with Gasteiger partial charge in [-0.3, -0.25) is 15.3 Å². The topological polar surface area (TPSA) is 18.5 Å². The molecule has 0 saturated carbocycles. The summed E-state index contributed by atoms with van der Waals surface area (Å²) < 4.78 is 0. The number of nitrogens with zero attached hydrogens (tertiary/aromatic N) is 2. The first-order valence-corrected chi connectivity index (χ1v) is 6.46. The molecule has 3 rings (SSSR count). The van der Waals surface area contributed by atoms with Crippen LogP contribution in [-0.2, 0) is 0 Å². The SMILES string of the molecule is SC1NCN(c2ccccc2)N1c1ccccc1. The number of rotatable bonds is 2. The summed E-state index contributed by atoms with van der Waals surface area (Å²) in [6, 6.07) is 20.6. The van der Waals surface area contributed by atoms with Gasteiger partial charge in [0, 0.05) is 0 Å². The maximum atomic E-state index is 4.58. The number of hydrogen-bond donors (Lipinski definition) is 2. The number of nitrogens with one attached hydrogen (secondary N) is 1. The van der Waals surface area contributed by atoms with E-state index in [1.807, 2.05) is 36.4 Å². The van der Waals surface area contributed by atoms with Crippen LogP contribution in [0.4, 0.5) is 11.4 Å². The van der Waals surface area contributed by atoms with Crippen molar-refractivity contribution in [2.24, 2.45) is 0 Å². The molecule has 1 N–H and O–H groups in total. The van der Waals surface area contributed by atoms with Gasteiger partial charge in [0.2, 0.25) is 0 Å². The van der Waals surface area contributed by atoms with Crippen molar-refractivity contribution in [3.8, 4) is 0 Å². The van der Waals surface area contributed by atoms with E-state index in [0.29, 0.717) is 0 Å². The highest BCUT2D eigenvalue weighted by molar-refractivity contribution is 7.81. The number of para-hydroxylation sites is 2. The number of benzene rings is 2. The van der Waals surface area contributed by atoms with Gasteiger partial charge in [0.1, 0.15) is 5.50 Å². The monoisotopic (exact) mass is 257 g/mol. The summed E-state index contributed by atoms with van der Waals surface area (Å²) in [7, 11) is 0. The average Bonchev–Trinajstić information content (AvgIpc) is 2.83. The summed E-state index contributed by atoms with van der Waals surface area (Å²) in [5.74, 6) is 0. The van der Waals surface area contributed by atoms with Crippen molar-refractivity contribution in [3.63, 3.8) is 0 Å². The van der Waals surface area contributed by atoms with Crippen LogP contribution in [-0.4, -0.2) is 12.2 Å². The van der Waals surface area contributed by atoms with Crippen LogP contribution in [0.2, 0.25) is 0 Å². The summed E-state index contributed by atoms with van der Waals surface area (Å²) >= 11 is 4.58. The second-order valence-corrected chi connectivity index (χ2v) is 4.64. The average molecular weight is 257 g/mol. The standard InChI is InChI=1S/C14H15N3S/c18-14-15-11-16(12-7-3-1-4-8-12)17(14)13-9-5-2-6-10-13/h1-10,14-15,18H,11H2. The highest BCUT2D eigenvalue weighted by atomic mass is 32.1. The van der Waals surface area contributed by atoms with Gasteiger partial charge < -0.3 is 0 Å². The van der Waals surface area contributed by atoms with E-state index in [0.717, 1.165) is 18.0 Å². The van der Waals surface area contributed by atoms with Crippen LogP contribution in [0.25, 0.3) is 0 Å². The normalized spacial score (nSPS) is 19.3. The van der Waals surface area contributed by atoms with Crippen molar-refractivity contribution in [2.45, 2.75) is 5.50 Å². The molecule has 0 amide bonds. The zero-order valence-electron chi connectivity index (χ0n) is 9.90. The van der Waals surface area contributed by atoms with E-state index < -0.39 is 0 Å². The Morgan fingerprint density at radius 3 is 2.06 bits per heavy atom. The quantitative estimate of drug-likeness (QED) is 0.807. The van der Waals surface area contributed by atoms with E-state index in [-0.39, 0.29) is 5.50 Å². The minimum atomic E-state index is -0.00685. The first-order chi connectivity index (χ1) is 8.86. The maximum Gasteiger partial charge on any atom is 0.146 e. The summed E-state index contributed by atoms with van der Waals surface area (Å²) in [6.07, 6.45) is 0. The molecule has 18 heavy (non-hydrogen) atoms. The highest BCUT2D eigenvalue weighted by Crippen LogP contribution is 2.27. The van der Waals surface area contributed by atoms with Crippen LogP contribution in [0.15, 0.2) is 60.7 Å². The van der Waals surface area contributed by atoms with Crippen molar-refractivity contribution < 1.29 is 0 Å². The zero-order chi connectivity index (χ0) is 12.4.